The molecule has 0 aliphatic rings. The molecule has 0 fully saturated rings. The largest absolute Gasteiger partial charge is 0.357 e. The van der Waals surface area contributed by atoms with E-state index in [1.54, 1.807) is 0 Å². The van der Waals surface area contributed by atoms with Gasteiger partial charge < -0.3 is 15.5 Å². The molecule has 28 heavy (non-hydrogen) atoms. The highest BCUT2D eigenvalue weighted by molar-refractivity contribution is 14.0. The SMILES string of the molecule is CCNC(=NCc1cccc(CN(C)CC)c1)NCc1c(C)nn(C)c1C.I. The molecular weight excluding hydrogens is 463 g/mol. The van der Waals surface area contributed by atoms with Crippen molar-refractivity contribution in [2.24, 2.45) is 12.0 Å². The van der Waals surface area contributed by atoms with Gasteiger partial charge in [-0.05, 0) is 45.5 Å². The molecule has 0 aliphatic carbocycles. The normalized spacial score (nSPS) is 11.5. The van der Waals surface area contributed by atoms with Crippen molar-refractivity contribution in [2.75, 3.05) is 20.1 Å². The summed E-state index contributed by atoms with van der Waals surface area (Å²) in [6.45, 7) is 12.6. The van der Waals surface area contributed by atoms with E-state index in [2.05, 4.69) is 72.7 Å². The maximum atomic E-state index is 4.76. The Bertz CT molecular complexity index is 768. The van der Waals surface area contributed by atoms with Crippen molar-refractivity contribution in [1.82, 2.24) is 25.3 Å². The summed E-state index contributed by atoms with van der Waals surface area (Å²) < 4.78 is 1.93. The van der Waals surface area contributed by atoms with Crippen LogP contribution in [0.3, 0.4) is 0 Å². The van der Waals surface area contributed by atoms with E-state index < -0.39 is 0 Å². The minimum Gasteiger partial charge on any atom is -0.357 e. The first kappa shape index (κ1) is 24.4. The molecule has 0 saturated heterocycles. The molecular formula is C21H35IN6. The molecule has 0 amide bonds. The summed E-state index contributed by atoms with van der Waals surface area (Å²) in [7, 11) is 4.12. The van der Waals surface area contributed by atoms with E-state index in [1.807, 2.05) is 18.7 Å². The summed E-state index contributed by atoms with van der Waals surface area (Å²) in [6.07, 6.45) is 0. The van der Waals surface area contributed by atoms with Gasteiger partial charge in [0, 0.05) is 37.9 Å². The van der Waals surface area contributed by atoms with Gasteiger partial charge in [-0.25, -0.2) is 4.99 Å². The van der Waals surface area contributed by atoms with Crippen molar-refractivity contribution in [1.29, 1.82) is 0 Å². The average Bonchev–Trinajstić information content (AvgIpc) is 2.89. The smallest absolute Gasteiger partial charge is 0.191 e. The fourth-order valence-corrected chi connectivity index (χ4v) is 3.01. The maximum absolute atomic E-state index is 4.76. The molecule has 2 aromatic rings. The maximum Gasteiger partial charge on any atom is 0.191 e. The topological polar surface area (TPSA) is 57.5 Å². The fraction of sp³-hybridized carbons (Fsp3) is 0.524. The van der Waals surface area contributed by atoms with Crippen LogP contribution in [0.15, 0.2) is 29.3 Å². The number of aromatic nitrogens is 2. The van der Waals surface area contributed by atoms with Crippen LogP contribution >= 0.6 is 24.0 Å². The molecule has 0 radical (unpaired) electrons. The van der Waals surface area contributed by atoms with Gasteiger partial charge in [0.2, 0.25) is 0 Å². The summed E-state index contributed by atoms with van der Waals surface area (Å²) in [6, 6.07) is 8.68. The Balaban J connectivity index is 0.00000392. The highest BCUT2D eigenvalue weighted by atomic mass is 127. The lowest BCUT2D eigenvalue weighted by Gasteiger charge is -2.14. The number of guanidine groups is 1. The zero-order valence-corrected chi connectivity index (χ0v) is 20.4. The van der Waals surface area contributed by atoms with Gasteiger partial charge in [-0.2, -0.15) is 5.10 Å². The van der Waals surface area contributed by atoms with Crippen LogP contribution in [0.1, 0.15) is 41.9 Å². The van der Waals surface area contributed by atoms with Crippen LogP contribution < -0.4 is 10.6 Å². The van der Waals surface area contributed by atoms with Crippen molar-refractivity contribution >= 4 is 29.9 Å². The monoisotopic (exact) mass is 498 g/mol. The number of aryl methyl sites for hydroxylation is 2. The number of aliphatic imine (C=N–C) groups is 1. The Kier molecular flexibility index (Phi) is 10.5. The number of hydrogen-bond donors (Lipinski definition) is 2. The van der Waals surface area contributed by atoms with Crippen LogP contribution in [0.4, 0.5) is 0 Å². The van der Waals surface area contributed by atoms with E-state index in [0.717, 1.165) is 37.8 Å². The second-order valence-electron chi connectivity index (χ2n) is 6.97. The van der Waals surface area contributed by atoms with Crippen LogP contribution in [-0.4, -0.2) is 40.8 Å². The molecule has 0 saturated carbocycles. The third-order valence-corrected chi connectivity index (χ3v) is 4.84. The highest BCUT2D eigenvalue weighted by Gasteiger charge is 2.09. The van der Waals surface area contributed by atoms with Gasteiger partial charge in [0.15, 0.2) is 5.96 Å². The third-order valence-electron chi connectivity index (χ3n) is 4.84. The fourth-order valence-electron chi connectivity index (χ4n) is 3.01. The van der Waals surface area contributed by atoms with E-state index in [4.69, 9.17) is 4.99 Å². The van der Waals surface area contributed by atoms with Gasteiger partial charge in [-0.3, -0.25) is 4.68 Å². The molecule has 0 aliphatic heterocycles. The number of hydrogen-bond acceptors (Lipinski definition) is 3. The molecule has 0 bridgehead atoms. The van der Waals surface area contributed by atoms with Crippen molar-refractivity contribution < 1.29 is 0 Å². The molecule has 6 nitrogen and oxygen atoms in total. The molecule has 156 valence electrons. The third kappa shape index (κ3) is 7.09. The number of rotatable bonds is 8. The minimum atomic E-state index is 0. The second kappa shape index (κ2) is 12.1. The second-order valence-corrected chi connectivity index (χ2v) is 6.97. The molecule has 1 aromatic heterocycles. The lowest BCUT2D eigenvalue weighted by Crippen LogP contribution is -2.37. The van der Waals surface area contributed by atoms with Crippen LogP contribution in [0.2, 0.25) is 0 Å². The van der Waals surface area contributed by atoms with Crippen molar-refractivity contribution in [3.05, 3.63) is 52.3 Å². The first-order valence-electron chi connectivity index (χ1n) is 9.72. The Morgan fingerprint density at radius 2 is 1.89 bits per heavy atom. The van der Waals surface area contributed by atoms with Crippen LogP contribution in [-0.2, 0) is 26.7 Å². The molecule has 0 spiro atoms. The predicted molar refractivity (Wildman–Crippen MR) is 128 cm³/mol. The molecule has 0 unspecified atom stereocenters. The van der Waals surface area contributed by atoms with Crippen LogP contribution in [0.25, 0.3) is 0 Å². The zero-order valence-electron chi connectivity index (χ0n) is 18.0. The lowest BCUT2D eigenvalue weighted by molar-refractivity contribution is 0.345. The number of halogens is 1. The van der Waals surface area contributed by atoms with Crippen LogP contribution in [0, 0.1) is 13.8 Å². The molecule has 2 N–H and O–H groups in total. The standard InChI is InChI=1S/C21H34N6.HI/c1-7-22-21(24-14-20-16(3)25-27(6)17(20)4)23-13-18-10-9-11-19(12-18)15-26(5)8-2;/h9-12H,7-8,13-15H2,1-6H3,(H2,22,23,24);1H. The number of nitrogens with one attached hydrogen (secondary N) is 2. The molecule has 7 heteroatoms. The average molecular weight is 498 g/mol. The molecule has 1 aromatic carbocycles. The number of benzene rings is 1. The van der Waals surface area contributed by atoms with E-state index >= 15 is 0 Å². The summed E-state index contributed by atoms with van der Waals surface area (Å²) in [5.41, 5.74) is 6.02. The molecule has 2 rings (SSSR count). The summed E-state index contributed by atoms with van der Waals surface area (Å²) in [5.74, 6) is 0.830. The van der Waals surface area contributed by atoms with Gasteiger partial charge in [0.1, 0.15) is 0 Å². The predicted octanol–water partition coefficient (Wildman–Crippen LogP) is 3.36. The Hall–Kier alpha value is -1.61. The van der Waals surface area contributed by atoms with Crippen LogP contribution in [0.5, 0.6) is 0 Å². The van der Waals surface area contributed by atoms with Gasteiger partial charge in [-0.1, -0.05) is 31.2 Å². The summed E-state index contributed by atoms with van der Waals surface area (Å²) >= 11 is 0. The van der Waals surface area contributed by atoms with Crippen molar-refractivity contribution in [3.8, 4) is 0 Å². The van der Waals surface area contributed by atoms with Crippen molar-refractivity contribution in [2.45, 2.75) is 47.3 Å². The Morgan fingerprint density at radius 1 is 1.18 bits per heavy atom. The van der Waals surface area contributed by atoms with Crippen molar-refractivity contribution in [3.63, 3.8) is 0 Å². The molecule has 0 atom stereocenters. The quantitative estimate of drug-likeness (QED) is 0.333. The summed E-state index contributed by atoms with van der Waals surface area (Å²) in [4.78, 5) is 7.06. The van der Waals surface area contributed by atoms with Gasteiger partial charge in [0.25, 0.3) is 0 Å². The van der Waals surface area contributed by atoms with E-state index in [0.29, 0.717) is 6.54 Å². The molecule has 1 heterocycles. The van der Waals surface area contributed by atoms with E-state index in [1.165, 1.54) is 22.4 Å². The first-order chi connectivity index (χ1) is 12.9. The van der Waals surface area contributed by atoms with E-state index in [9.17, 15) is 0 Å². The Labute approximate surface area is 186 Å². The van der Waals surface area contributed by atoms with Gasteiger partial charge in [-0.15, -0.1) is 24.0 Å². The minimum absolute atomic E-state index is 0. The van der Waals surface area contributed by atoms with E-state index in [-0.39, 0.29) is 24.0 Å². The first-order valence-corrected chi connectivity index (χ1v) is 9.72. The number of nitrogens with zero attached hydrogens (tertiary/aromatic N) is 4. The Morgan fingerprint density at radius 3 is 2.50 bits per heavy atom. The van der Waals surface area contributed by atoms with Gasteiger partial charge >= 0.3 is 0 Å². The lowest BCUT2D eigenvalue weighted by atomic mass is 10.1. The van der Waals surface area contributed by atoms with Gasteiger partial charge in [0.05, 0.1) is 12.2 Å². The summed E-state index contributed by atoms with van der Waals surface area (Å²) in [5, 5.41) is 11.2. The highest BCUT2D eigenvalue weighted by Crippen LogP contribution is 2.11. The zero-order chi connectivity index (χ0) is 19.8.